The summed E-state index contributed by atoms with van der Waals surface area (Å²) in [4.78, 5) is 26.6. The van der Waals surface area contributed by atoms with E-state index in [0.717, 1.165) is 0 Å². The van der Waals surface area contributed by atoms with Crippen LogP contribution in [0.25, 0.3) is 0 Å². The van der Waals surface area contributed by atoms with Gasteiger partial charge in [-0.25, -0.2) is 9.59 Å². The van der Waals surface area contributed by atoms with Gasteiger partial charge in [-0.3, -0.25) is 5.32 Å². The zero-order chi connectivity index (χ0) is 18.2. The lowest BCUT2D eigenvalue weighted by Crippen LogP contribution is -2.36. The molecule has 25 heavy (non-hydrogen) atoms. The number of methoxy groups -OCH3 is 1. The van der Waals surface area contributed by atoms with E-state index in [1.165, 1.54) is 12.0 Å². The lowest BCUT2D eigenvalue weighted by Gasteiger charge is -2.23. The molecule has 1 atom stereocenters. The van der Waals surface area contributed by atoms with Crippen LogP contribution in [0.5, 0.6) is 0 Å². The molecule has 0 saturated heterocycles. The highest BCUT2D eigenvalue weighted by atomic mass is 32.1. The first kappa shape index (κ1) is 18.8. The summed E-state index contributed by atoms with van der Waals surface area (Å²) in [5.41, 5.74) is 1.11. The van der Waals surface area contributed by atoms with E-state index < -0.39 is 6.09 Å². The Morgan fingerprint density at radius 2 is 1.88 bits per heavy atom. The van der Waals surface area contributed by atoms with Crippen LogP contribution in [-0.4, -0.2) is 44.8 Å². The van der Waals surface area contributed by atoms with Gasteiger partial charge in [0.25, 0.3) is 0 Å². The van der Waals surface area contributed by atoms with Crippen molar-refractivity contribution >= 4 is 34.8 Å². The molecule has 134 valence electrons. The van der Waals surface area contributed by atoms with Gasteiger partial charge in [-0.05, 0) is 43.7 Å². The largest absolute Gasteiger partial charge is 0.453 e. The Kier molecular flexibility index (Phi) is 6.79. The molecule has 1 heterocycles. The van der Waals surface area contributed by atoms with Gasteiger partial charge >= 0.3 is 12.1 Å². The quantitative estimate of drug-likeness (QED) is 0.736. The van der Waals surface area contributed by atoms with Crippen molar-refractivity contribution < 1.29 is 14.3 Å². The summed E-state index contributed by atoms with van der Waals surface area (Å²) in [6, 6.07) is 10.7. The van der Waals surface area contributed by atoms with Gasteiger partial charge in [-0.1, -0.05) is 12.1 Å². The highest BCUT2D eigenvalue weighted by molar-refractivity contribution is 7.10. The fourth-order valence-corrected chi connectivity index (χ4v) is 3.15. The van der Waals surface area contributed by atoms with Crippen LogP contribution in [0.2, 0.25) is 0 Å². The van der Waals surface area contributed by atoms with Gasteiger partial charge in [0.15, 0.2) is 0 Å². The number of anilines is 2. The van der Waals surface area contributed by atoms with Crippen molar-refractivity contribution in [1.29, 1.82) is 0 Å². The summed E-state index contributed by atoms with van der Waals surface area (Å²) in [5, 5.41) is 10.2. The second-order valence-corrected chi connectivity index (χ2v) is 6.51. The predicted octanol–water partition coefficient (Wildman–Crippen LogP) is 3.35. The number of hydrogen-bond acceptors (Lipinski definition) is 5. The molecule has 3 N–H and O–H groups in total. The fourth-order valence-electron chi connectivity index (χ4n) is 2.23. The van der Waals surface area contributed by atoms with Crippen molar-refractivity contribution in [3.63, 3.8) is 0 Å². The first-order chi connectivity index (χ1) is 12.0. The summed E-state index contributed by atoms with van der Waals surface area (Å²) in [6.07, 6.45) is -0.564. The number of ether oxygens (including phenoxy) is 1. The smallest absolute Gasteiger partial charge is 0.411 e. The van der Waals surface area contributed by atoms with Crippen LogP contribution in [-0.2, 0) is 4.74 Å². The number of nitrogens with zero attached hydrogens (tertiary/aromatic N) is 1. The minimum absolute atomic E-state index is 0.109. The molecule has 0 aliphatic heterocycles. The molecular formula is C17H22N4O3S. The van der Waals surface area contributed by atoms with Gasteiger partial charge < -0.3 is 20.3 Å². The van der Waals surface area contributed by atoms with Gasteiger partial charge in [-0.15, -0.1) is 11.3 Å². The van der Waals surface area contributed by atoms with Crippen LogP contribution in [0.4, 0.5) is 21.0 Å². The molecular weight excluding hydrogens is 340 g/mol. The molecule has 0 spiro atoms. The van der Waals surface area contributed by atoms with E-state index in [0.29, 0.717) is 17.9 Å². The molecule has 7 nitrogen and oxygen atoms in total. The topological polar surface area (TPSA) is 82.7 Å². The first-order valence-corrected chi connectivity index (χ1v) is 8.57. The molecule has 0 aliphatic carbocycles. The van der Waals surface area contributed by atoms with Gasteiger partial charge in [0.05, 0.1) is 13.2 Å². The molecule has 1 aromatic heterocycles. The maximum atomic E-state index is 12.1. The molecule has 0 bridgehead atoms. The maximum Gasteiger partial charge on any atom is 0.411 e. The number of nitrogens with one attached hydrogen (secondary N) is 3. The van der Waals surface area contributed by atoms with E-state index in [4.69, 9.17) is 0 Å². The predicted molar refractivity (Wildman–Crippen MR) is 100 cm³/mol. The molecule has 0 aliphatic rings. The summed E-state index contributed by atoms with van der Waals surface area (Å²) in [7, 11) is 5.25. The summed E-state index contributed by atoms with van der Waals surface area (Å²) in [6.45, 7) is 0.486. The van der Waals surface area contributed by atoms with E-state index in [2.05, 4.69) is 31.7 Å². The van der Waals surface area contributed by atoms with Crippen molar-refractivity contribution in [2.24, 2.45) is 0 Å². The molecule has 0 radical (unpaired) electrons. The Bertz CT molecular complexity index is 704. The fraction of sp³-hybridized carbons (Fsp3) is 0.294. The summed E-state index contributed by atoms with van der Waals surface area (Å²) < 4.78 is 4.54. The van der Waals surface area contributed by atoms with Gasteiger partial charge in [0.1, 0.15) is 0 Å². The van der Waals surface area contributed by atoms with Crippen molar-refractivity contribution in [1.82, 2.24) is 10.2 Å². The van der Waals surface area contributed by atoms with Crippen LogP contribution in [0, 0.1) is 0 Å². The Morgan fingerprint density at radius 3 is 2.48 bits per heavy atom. The molecule has 2 aromatic rings. The van der Waals surface area contributed by atoms with E-state index in [1.54, 1.807) is 35.6 Å². The van der Waals surface area contributed by atoms with Crippen molar-refractivity contribution in [2.75, 3.05) is 38.4 Å². The molecule has 2 rings (SSSR count). The average molecular weight is 362 g/mol. The molecule has 0 saturated carbocycles. The zero-order valence-electron chi connectivity index (χ0n) is 14.4. The Labute approximate surface area is 151 Å². The number of carbonyl (C=O) groups excluding carboxylic acids is 2. The first-order valence-electron chi connectivity index (χ1n) is 7.69. The third kappa shape index (κ3) is 5.77. The molecule has 3 amide bonds. The normalized spacial score (nSPS) is 11.7. The highest BCUT2D eigenvalue weighted by Gasteiger charge is 2.16. The van der Waals surface area contributed by atoms with Gasteiger partial charge in [-0.2, -0.15) is 0 Å². The minimum atomic E-state index is -0.564. The van der Waals surface area contributed by atoms with Crippen molar-refractivity contribution in [2.45, 2.75) is 6.04 Å². The third-order valence-corrected chi connectivity index (χ3v) is 4.48. The Morgan fingerprint density at radius 1 is 1.16 bits per heavy atom. The lowest BCUT2D eigenvalue weighted by atomic mass is 10.2. The van der Waals surface area contributed by atoms with E-state index in [9.17, 15) is 9.59 Å². The Hall–Kier alpha value is -2.58. The van der Waals surface area contributed by atoms with E-state index in [1.807, 2.05) is 25.5 Å². The molecule has 8 heteroatoms. The van der Waals surface area contributed by atoms with E-state index in [-0.39, 0.29) is 12.1 Å². The molecule has 1 aromatic carbocycles. The monoisotopic (exact) mass is 362 g/mol. The summed E-state index contributed by atoms with van der Waals surface area (Å²) >= 11 is 1.66. The van der Waals surface area contributed by atoms with Crippen LogP contribution in [0.3, 0.4) is 0 Å². The number of rotatable bonds is 6. The second-order valence-electron chi connectivity index (χ2n) is 5.53. The van der Waals surface area contributed by atoms with Gasteiger partial charge in [0, 0.05) is 22.8 Å². The second kappa shape index (κ2) is 9.05. The third-order valence-electron chi connectivity index (χ3n) is 3.50. The number of carbonyl (C=O) groups is 2. The van der Waals surface area contributed by atoms with Crippen molar-refractivity contribution in [3.05, 3.63) is 46.7 Å². The van der Waals surface area contributed by atoms with Crippen molar-refractivity contribution in [3.8, 4) is 0 Å². The SMILES string of the molecule is COC(=O)Nc1cccc(NC(=O)NC[C@@H](c2cccs2)N(C)C)c1. The Balaban J connectivity index is 1.91. The number of benzene rings is 1. The molecule has 0 unspecified atom stereocenters. The van der Waals surface area contributed by atoms with Crippen LogP contribution < -0.4 is 16.0 Å². The van der Waals surface area contributed by atoms with E-state index >= 15 is 0 Å². The highest BCUT2D eigenvalue weighted by Crippen LogP contribution is 2.22. The number of likely N-dealkylation sites (N-methyl/N-ethyl adjacent to an activating group) is 1. The zero-order valence-corrected chi connectivity index (χ0v) is 15.2. The lowest BCUT2D eigenvalue weighted by molar-refractivity contribution is 0.187. The van der Waals surface area contributed by atoms with Crippen LogP contribution >= 0.6 is 11.3 Å². The summed E-state index contributed by atoms with van der Waals surface area (Å²) in [5.74, 6) is 0. The average Bonchev–Trinajstić information content (AvgIpc) is 3.09. The number of hydrogen-bond donors (Lipinski definition) is 3. The maximum absolute atomic E-state index is 12.1. The van der Waals surface area contributed by atoms with Crippen LogP contribution in [0.1, 0.15) is 10.9 Å². The number of thiophene rings is 1. The standard InChI is InChI=1S/C17H22N4O3S/c1-21(2)14(15-8-5-9-25-15)11-18-16(22)19-12-6-4-7-13(10-12)20-17(23)24-3/h4-10,14H,11H2,1-3H3,(H,20,23)(H2,18,19,22)/t14-/m0/s1. The van der Waals surface area contributed by atoms with Gasteiger partial charge in [0.2, 0.25) is 0 Å². The minimum Gasteiger partial charge on any atom is -0.453 e. The number of amides is 3. The van der Waals surface area contributed by atoms with Crippen LogP contribution in [0.15, 0.2) is 41.8 Å². The number of urea groups is 1. The molecule has 0 fully saturated rings.